The summed E-state index contributed by atoms with van der Waals surface area (Å²) in [5, 5.41) is 2.56. The Balaban J connectivity index is 2.14. The number of ketones is 1. The Labute approximate surface area is 137 Å². The Hall–Kier alpha value is -2.61. The van der Waals surface area contributed by atoms with E-state index in [1.54, 1.807) is 24.3 Å². The van der Waals surface area contributed by atoms with E-state index in [4.69, 9.17) is 0 Å². The molecule has 0 aromatic heterocycles. The van der Waals surface area contributed by atoms with Crippen molar-refractivity contribution in [1.29, 1.82) is 0 Å². The molecule has 0 saturated carbocycles. The van der Waals surface area contributed by atoms with Crippen LogP contribution in [0, 0.1) is 0 Å². The largest absolute Gasteiger partial charge is 0.341 e. The van der Waals surface area contributed by atoms with Crippen LogP contribution in [0.4, 0.5) is 14.5 Å². The maximum absolute atomic E-state index is 12.4. The predicted molar refractivity (Wildman–Crippen MR) is 84.0 cm³/mol. The normalized spacial score (nSPS) is 11.3. The van der Waals surface area contributed by atoms with Crippen molar-refractivity contribution in [3.8, 4) is 0 Å². The number of benzene rings is 2. The summed E-state index contributed by atoms with van der Waals surface area (Å²) < 4.78 is 47.5. The van der Waals surface area contributed by atoms with Crippen LogP contribution in [0.5, 0.6) is 0 Å². The van der Waals surface area contributed by atoms with Crippen molar-refractivity contribution in [2.24, 2.45) is 0 Å². The molecule has 5 nitrogen and oxygen atoms in total. The molecule has 2 aromatic rings. The van der Waals surface area contributed by atoms with Gasteiger partial charge in [0.05, 0.1) is 4.90 Å². The molecule has 0 spiro atoms. The lowest BCUT2D eigenvalue weighted by molar-refractivity contribution is 0.101. The van der Waals surface area contributed by atoms with Crippen LogP contribution in [0.3, 0.4) is 0 Å². The highest BCUT2D eigenvalue weighted by Crippen LogP contribution is 2.19. The van der Waals surface area contributed by atoms with Crippen LogP contribution in [0.25, 0.3) is 0 Å². The number of alkyl halides is 2. The number of carbonyl (C=O) groups excluding carboxylic acids is 2. The van der Waals surface area contributed by atoms with Gasteiger partial charge in [0.25, 0.3) is 5.91 Å². The molecule has 0 bridgehead atoms. The van der Waals surface area contributed by atoms with E-state index in [0.717, 1.165) is 24.3 Å². The van der Waals surface area contributed by atoms with E-state index in [1.807, 2.05) is 0 Å². The number of nitrogens with one attached hydrogen (secondary N) is 1. The summed E-state index contributed by atoms with van der Waals surface area (Å²) >= 11 is 0. The van der Waals surface area contributed by atoms with Crippen LogP contribution in [0.2, 0.25) is 0 Å². The number of amides is 1. The molecule has 0 aliphatic rings. The summed E-state index contributed by atoms with van der Waals surface area (Å²) in [7, 11) is -4.69. The summed E-state index contributed by atoms with van der Waals surface area (Å²) in [6.07, 6.45) is 0. The molecule has 0 aliphatic heterocycles. The van der Waals surface area contributed by atoms with E-state index in [1.165, 1.54) is 6.92 Å². The first kappa shape index (κ1) is 17.7. The van der Waals surface area contributed by atoms with Crippen LogP contribution >= 0.6 is 0 Å². The number of halogens is 2. The van der Waals surface area contributed by atoms with Gasteiger partial charge in [0.15, 0.2) is 5.78 Å². The van der Waals surface area contributed by atoms with Gasteiger partial charge in [-0.1, -0.05) is 0 Å². The van der Waals surface area contributed by atoms with Gasteiger partial charge in [-0.2, -0.15) is 8.78 Å². The van der Waals surface area contributed by atoms with E-state index in [-0.39, 0.29) is 11.3 Å². The molecule has 1 N–H and O–H groups in total. The number of hydrogen-bond donors (Lipinski definition) is 1. The van der Waals surface area contributed by atoms with Crippen molar-refractivity contribution in [2.75, 3.05) is 5.32 Å². The molecule has 8 heteroatoms. The second-order valence-electron chi connectivity index (χ2n) is 4.92. The average Bonchev–Trinajstić information content (AvgIpc) is 2.55. The maximum atomic E-state index is 12.4. The lowest BCUT2D eigenvalue weighted by atomic mass is 10.1. The standard InChI is InChI=1S/C16H13F2NO4S/c1-10(20)11-2-6-13(7-3-11)19-15(21)12-4-8-14(9-5-12)24(22,23)16(17)18/h2-9,16H,1H3,(H,19,21). The van der Waals surface area contributed by atoms with Gasteiger partial charge in [-0.25, -0.2) is 8.42 Å². The second kappa shape index (κ2) is 6.88. The molecule has 0 heterocycles. The summed E-state index contributed by atoms with van der Waals surface area (Å²) in [5.41, 5.74) is 1.04. The Morgan fingerprint density at radius 3 is 1.88 bits per heavy atom. The fourth-order valence-corrected chi connectivity index (χ4v) is 2.61. The molecule has 2 aromatic carbocycles. The van der Waals surface area contributed by atoms with Crippen molar-refractivity contribution in [1.82, 2.24) is 0 Å². The van der Waals surface area contributed by atoms with Gasteiger partial charge >= 0.3 is 5.76 Å². The number of Topliss-reactive ketones (excluding diaryl/α,β-unsaturated/α-hetero) is 1. The van der Waals surface area contributed by atoms with Gasteiger partial charge in [0.1, 0.15) is 0 Å². The van der Waals surface area contributed by atoms with Gasteiger partial charge in [0, 0.05) is 16.8 Å². The van der Waals surface area contributed by atoms with E-state index >= 15 is 0 Å². The number of anilines is 1. The summed E-state index contributed by atoms with van der Waals surface area (Å²) in [5.74, 6) is -4.16. The van der Waals surface area contributed by atoms with Crippen molar-refractivity contribution < 1.29 is 26.8 Å². The second-order valence-corrected chi connectivity index (χ2v) is 6.84. The predicted octanol–water partition coefficient (Wildman–Crippen LogP) is 3.14. The topological polar surface area (TPSA) is 80.3 Å². The van der Waals surface area contributed by atoms with Crippen LogP contribution in [-0.4, -0.2) is 25.9 Å². The van der Waals surface area contributed by atoms with Gasteiger partial charge in [0.2, 0.25) is 9.84 Å². The molecule has 1 amide bonds. The average molecular weight is 353 g/mol. The quantitative estimate of drug-likeness (QED) is 0.838. The van der Waals surface area contributed by atoms with Crippen molar-refractivity contribution in [3.63, 3.8) is 0 Å². The summed E-state index contributed by atoms with van der Waals surface area (Å²) in [4.78, 5) is 22.7. The minimum atomic E-state index is -4.69. The first-order valence-electron chi connectivity index (χ1n) is 6.76. The smallest absolute Gasteiger partial charge is 0.322 e. The molecular formula is C16H13F2NO4S. The SMILES string of the molecule is CC(=O)c1ccc(NC(=O)c2ccc(S(=O)(=O)C(F)F)cc2)cc1. The van der Waals surface area contributed by atoms with Crippen molar-refractivity contribution in [3.05, 3.63) is 59.7 Å². The van der Waals surface area contributed by atoms with Crippen molar-refractivity contribution >= 4 is 27.2 Å². The Bertz CT molecular complexity index is 860. The minimum Gasteiger partial charge on any atom is -0.322 e. The maximum Gasteiger partial charge on any atom is 0.341 e. The lowest BCUT2D eigenvalue weighted by Gasteiger charge is -2.07. The van der Waals surface area contributed by atoms with Crippen LogP contribution in [-0.2, 0) is 9.84 Å². The molecule has 0 fully saturated rings. The fourth-order valence-electron chi connectivity index (χ4n) is 1.89. The molecule has 0 unspecified atom stereocenters. The van der Waals surface area contributed by atoms with Crippen LogP contribution in [0.1, 0.15) is 27.6 Å². The van der Waals surface area contributed by atoms with Gasteiger partial charge in [-0.15, -0.1) is 0 Å². The molecule has 0 saturated heterocycles. The highest BCUT2D eigenvalue weighted by molar-refractivity contribution is 7.91. The van der Waals surface area contributed by atoms with E-state index < -0.39 is 26.4 Å². The first-order chi connectivity index (χ1) is 11.2. The third-order valence-electron chi connectivity index (χ3n) is 3.23. The molecule has 2 rings (SSSR count). The number of sulfone groups is 1. The summed E-state index contributed by atoms with van der Waals surface area (Å²) in [6, 6.07) is 10.4. The van der Waals surface area contributed by atoms with E-state index in [2.05, 4.69) is 5.32 Å². The van der Waals surface area contributed by atoms with Crippen LogP contribution < -0.4 is 5.32 Å². The Kier molecular flexibility index (Phi) is 5.08. The molecule has 126 valence electrons. The monoisotopic (exact) mass is 353 g/mol. The molecule has 0 radical (unpaired) electrons. The van der Waals surface area contributed by atoms with Gasteiger partial charge in [-0.3, -0.25) is 9.59 Å². The van der Waals surface area contributed by atoms with Crippen LogP contribution in [0.15, 0.2) is 53.4 Å². The third kappa shape index (κ3) is 3.83. The highest BCUT2D eigenvalue weighted by atomic mass is 32.2. The Morgan fingerprint density at radius 2 is 1.42 bits per heavy atom. The zero-order chi connectivity index (χ0) is 17.9. The van der Waals surface area contributed by atoms with Gasteiger partial charge < -0.3 is 5.32 Å². The number of hydrogen-bond acceptors (Lipinski definition) is 4. The molecule has 24 heavy (non-hydrogen) atoms. The van der Waals surface area contributed by atoms with E-state index in [0.29, 0.717) is 11.3 Å². The first-order valence-corrected chi connectivity index (χ1v) is 8.31. The summed E-state index contributed by atoms with van der Waals surface area (Å²) in [6.45, 7) is 1.42. The van der Waals surface area contributed by atoms with Gasteiger partial charge in [-0.05, 0) is 55.5 Å². The Morgan fingerprint density at radius 1 is 0.917 bits per heavy atom. The number of carbonyl (C=O) groups is 2. The molecular weight excluding hydrogens is 340 g/mol. The van der Waals surface area contributed by atoms with Crippen molar-refractivity contribution in [2.45, 2.75) is 17.6 Å². The zero-order valence-electron chi connectivity index (χ0n) is 12.5. The highest BCUT2D eigenvalue weighted by Gasteiger charge is 2.26. The fraction of sp³-hybridized carbons (Fsp3) is 0.125. The minimum absolute atomic E-state index is 0.108. The van der Waals surface area contributed by atoms with E-state index in [9.17, 15) is 26.8 Å². The lowest BCUT2D eigenvalue weighted by Crippen LogP contribution is -2.14. The third-order valence-corrected chi connectivity index (χ3v) is 4.63. The molecule has 0 aliphatic carbocycles. The zero-order valence-corrected chi connectivity index (χ0v) is 13.3. The number of rotatable bonds is 5. The molecule has 0 atom stereocenters.